The summed E-state index contributed by atoms with van der Waals surface area (Å²) in [6.07, 6.45) is 2.37. The fraction of sp³-hybridized carbons (Fsp3) is 0.667. The average Bonchev–Trinajstić information content (AvgIpc) is 3.01. The zero-order valence-corrected chi connectivity index (χ0v) is 13.1. The van der Waals surface area contributed by atoms with E-state index in [1.54, 1.807) is 0 Å². The van der Waals surface area contributed by atoms with Crippen LogP contribution in [0.4, 0.5) is 4.79 Å². The smallest absolute Gasteiger partial charge is 0.407 e. The van der Waals surface area contributed by atoms with Crippen LogP contribution in [0.2, 0.25) is 0 Å². The van der Waals surface area contributed by atoms with Crippen molar-refractivity contribution < 1.29 is 14.3 Å². The molecule has 7 nitrogen and oxygen atoms in total. The van der Waals surface area contributed by atoms with E-state index in [2.05, 4.69) is 15.5 Å². The number of aryl methyl sites for hydroxylation is 2. The molecule has 0 aliphatic carbocycles. The summed E-state index contributed by atoms with van der Waals surface area (Å²) in [6.45, 7) is 5.70. The van der Waals surface area contributed by atoms with Gasteiger partial charge in [-0.25, -0.2) is 4.79 Å². The van der Waals surface area contributed by atoms with Gasteiger partial charge in [0.05, 0.1) is 18.8 Å². The lowest BCUT2D eigenvalue weighted by atomic mass is 9.92. The predicted octanol–water partition coefficient (Wildman–Crippen LogP) is 1.06. The third-order valence-corrected chi connectivity index (χ3v) is 4.69. The molecule has 0 aromatic carbocycles. The van der Waals surface area contributed by atoms with Crippen molar-refractivity contribution in [1.29, 1.82) is 0 Å². The summed E-state index contributed by atoms with van der Waals surface area (Å²) < 4.78 is 5.39. The molecule has 2 aliphatic heterocycles. The Labute approximate surface area is 129 Å². The molecule has 1 atom stereocenters. The molecule has 22 heavy (non-hydrogen) atoms. The highest BCUT2D eigenvalue weighted by molar-refractivity contribution is 5.77. The van der Waals surface area contributed by atoms with Gasteiger partial charge < -0.3 is 15.0 Å². The topological polar surface area (TPSA) is 87.3 Å². The number of hydrogen-bond donors (Lipinski definition) is 2. The predicted molar refractivity (Wildman–Crippen MR) is 79.4 cm³/mol. The second-order valence-corrected chi connectivity index (χ2v) is 6.27. The Morgan fingerprint density at radius 1 is 1.45 bits per heavy atom. The van der Waals surface area contributed by atoms with Crippen LogP contribution in [0.1, 0.15) is 36.2 Å². The number of aromatic amines is 1. The molecule has 2 aliphatic rings. The van der Waals surface area contributed by atoms with Crippen LogP contribution in [-0.4, -0.2) is 52.3 Å². The summed E-state index contributed by atoms with van der Waals surface area (Å²) in [6, 6.07) is 0. The zero-order chi connectivity index (χ0) is 15.7. The van der Waals surface area contributed by atoms with E-state index in [1.165, 1.54) is 0 Å². The Morgan fingerprint density at radius 3 is 2.91 bits per heavy atom. The molecule has 2 amide bonds. The molecule has 0 bridgehead atoms. The molecule has 3 heterocycles. The van der Waals surface area contributed by atoms with Crippen molar-refractivity contribution in [1.82, 2.24) is 20.4 Å². The van der Waals surface area contributed by atoms with Crippen molar-refractivity contribution in [3.8, 4) is 0 Å². The van der Waals surface area contributed by atoms with E-state index in [-0.39, 0.29) is 12.0 Å². The van der Waals surface area contributed by atoms with Crippen molar-refractivity contribution >= 4 is 12.0 Å². The fourth-order valence-electron chi connectivity index (χ4n) is 3.20. The second-order valence-electron chi connectivity index (χ2n) is 6.27. The highest BCUT2D eigenvalue weighted by Crippen LogP contribution is 2.28. The van der Waals surface area contributed by atoms with Crippen molar-refractivity contribution in [3.63, 3.8) is 0 Å². The summed E-state index contributed by atoms with van der Waals surface area (Å²) in [5.41, 5.74) is 2.59. The normalized spacial score (nSPS) is 24.5. The van der Waals surface area contributed by atoms with Crippen LogP contribution >= 0.6 is 0 Å². The molecule has 1 aromatic rings. The first-order valence-corrected chi connectivity index (χ1v) is 7.74. The first kappa shape index (κ1) is 14.9. The van der Waals surface area contributed by atoms with Gasteiger partial charge in [-0.05, 0) is 32.3 Å². The van der Waals surface area contributed by atoms with Crippen molar-refractivity contribution in [2.75, 3.05) is 19.6 Å². The standard InChI is InChI=1S/C15H22N4O3/c1-10-11(2)17-18-12(10)4-5-13(20)19-7-3-6-15(9-19)8-16-14(21)22-15/h3-9H2,1-2H3,(H,16,21)(H,17,18)/t15-/m0/s1. The SMILES string of the molecule is Cc1[nH]nc(CCC(=O)N2CCC[C@]3(CNC(=O)O3)C2)c1C. The Morgan fingerprint density at radius 2 is 2.27 bits per heavy atom. The van der Waals surface area contributed by atoms with Crippen LogP contribution in [0.3, 0.4) is 0 Å². The summed E-state index contributed by atoms with van der Waals surface area (Å²) in [5.74, 6) is 0.0991. The first-order valence-electron chi connectivity index (χ1n) is 7.74. The summed E-state index contributed by atoms with van der Waals surface area (Å²) in [7, 11) is 0. The molecule has 3 rings (SSSR count). The van der Waals surface area contributed by atoms with Crippen LogP contribution in [0, 0.1) is 13.8 Å². The highest BCUT2D eigenvalue weighted by atomic mass is 16.6. The Balaban J connectivity index is 1.58. The first-order chi connectivity index (χ1) is 10.5. The maximum atomic E-state index is 12.4. The number of hydrogen-bond acceptors (Lipinski definition) is 4. The van der Waals surface area contributed by atoms with E-state index >= 15 is 0 Å². The number of ether oxygens (including phenoxy) is 1. The van der Waals surface area contributed by atoms with Gasteiger partial charge in [0.1, 0.15) is 5.60 Å². The summed E-state index contributed by atoms with van der Waals surface area (Å²) in [4.78, 5) is 25.6. The minimum Gasteiger partial charge on any atom is -0.439 e. The lowest BCUT2D eigenvalue weighted by Gasteiger charge is -2.38. The van der Waals surface area contributed by atoms with Gasteiger partial charge in [-0.2, -0.15) is 5.10 Å². The Kier molecular flexibility index (Phi) is 3.80. The summed E-state index contributed by atoms with van der Waals surface area (Å²) in [5, 5.41) is 9.88. The minimum atomic E-state index is -0.524. The van der Waals surface area contributed by atoms with Gasteiger partial charge in [0, 0.05) is 25.1 Å². The second kappa shape index (κ2) is 5.62. The molecule has 0 unspecified atom stereocenters. The number of piperidine rings is 1. The van der Waals surface area contributed by atoms with E-state index < -0.39 is 5.60 Å². The molecule has 2 N–H and O–H groups in total. The van der Waals surface area contributed by atoms with E-state index in [4.69, 9.17) is 4.74 Å². The number of nitrogens with zero attached hydrogens (tertiary/aromatic N) is 2. The number of aromatic nitrogens is 2. The Bertz CT molecular complexity index is 598. The number of amides is 2. The van der Waals surface area contributed by atoms with Crippen molar-refractivity contribution in [2.45, 2.75) is 45.1 Å². The monoisotopic (exact) mass is 306 g/mol. The van der Waals surface area contributed by atoms with Crippen molar-refractivity contribution in [2.24, 2.45) is 0 Å². The van der Waals surface area contributed by atoms with E-state index in [1.807, 2.05) is 18.7 Å². The quantitative estimate of drug-likeness (QED) is 0.874. The van der Waals surface area contributed by atoms with Crippen LogP contribution in [0.15, 0.2) is 0 Å². The van der Waals surface area contributed by atoms with Crippen LogP contribution in [-0.2, 0) is 16.0 Å². The Hall–Kier alpha value is -2.05. The summed E-state index contributed by atoms with van der Waals surface area (Å²) >= 11 is 0. The molecule has 0 saturated carbocycles. The van der Waals surface area contributed by atoms with Crippen molar-refractivity contribution in [3.05, 3.63) is 17.0 Å². The largest absolute Gasteiger partial charge is 0.439 e. The molecule has 7 heteroatoms. The molecular formula is C15H22N4O3. The van der Waals surface area contributed by atoms with Gasteiger partial charge in [-0.1, -0.05) is 0 Å². The number of rotatable bonds is 3. The van der Waals surface area contributed by atoms with Crippen LogP contribution < -0.4 is 5.32 Å². The van der Waals surface area contributed by atoms with E-state index in [0.29, 0.717) is 25.9 Å². The van der Waals surface area contributed by atoms with Gasteiger partial charge in [0.2, 0.25) is 5.91 Å². The lowest BCUT2D eigenvalue weighted by molar-refractivity contribution is -0.136. The number of alkyl carbamates (subject to hydrolysis) is 1. The maximum absolute atomic E-state index is 12.4. The molecular weight excluding hydrogens is 284 g/mol. The molecule has 1 aromatic heterocycles. The number of carbonyl (C=O) groups is 2. The zero-order valence-electron chi connectivity index (χ0n) is 13.1. The molecule has 120 valence electrons. The molecule has 2 fully saturated rings. The highest BCUT2D eigenvalue weighted by Gasteiger charge is 2.44. The van der Waals surface area contributed by atoms with Crippen LogP contribution in [0.5, 0.6) is 0 Å². The average molecular weight is 306 g/mol. The number of H-pyrrole nitrogens is 1. The third-order valence-electron chi connectivity index (χ3n) is 4.69. The lowest BCUT2D eigenvalue weighted by Crippen LogP contribution is -2.52. The van der Waals surface area contributed by atoms with Crippen LogP contribution in [0.25, 0.3) is 0 Å². The van der Waals surface area contributed by atoms with Gasteiger partial charge in [0.25, 0.3) is 0 Å². The van der Waals surface area contributed by atoms with E-state index in [0.717, 1.165) is 36.3 Å². The van der Waals surface area contributed by atoms with Gasteiger partial charge in [-0.15, -0.1) is 0 Å². The van der Waals surface area contributed by atoms with Gasteiger partial charge >= 0.3 is 6.09 Å². The minimum absolute atomic E-state index is 0.0991. The molecule has 1 spiro atoms. The maximum Gasteiger partial charge on any atom is 0.407 e. The fourth-order valence-corrected chi connectivity index (χ4v) is 3.20. The molecule has 2 saturated heterocycles. The van der Waals surface area contributed by atoms with Gasteiger partial charge in [-0.3, -0.25) is 9.89 Å². The molecule has 0 radical (unpaired) electrons. The van der Waals surface area contributed by atoms with Gasteiger partial charge in [0.15, 0.2) is 0 Å². The number of carbonyl (C=O) groups excluding carboxylic acids is 2. The third kappa shape index (κ3) is 2.80. The number of likely N-dealkylation sites (tertiary alicyclic amines) is 1. The number of nitrogens with one attached hydrogen (secondary N) is 2. The van der Waals surface area contributed by atoms with E-state index in [9.17, 15) is 9.59 Å².